The number of primary amides is 1. The second-order valence-corrected chi connectivity index (χ2v) is 7.63. The van der Waals surface area contributed by atoms with E-state index < -0.39 is 29.9 Å². The molecule has 0 heterocycles. The predicted octanol–water partition coefficient (Wildman–Crippen LogP) is 0.149. The Bertz CT molecular complexity index is 568. The molecular formula is C18H30N2O7S. The number of carbonyl (C=O) groups is 4. The Morgan fingerprint density at radius 3 is 2.32 bits per heavy atom. The molecule has 3 unspecified atom stereocenters. The van der Waals surface area contributed by atoms with Gasteiger partial charge in [-0.1, -0.05) is 6.58 Å². The molecule has 0 saturated carbocycles. The van der Waals surface area contributed by atoms with Gasteiger partial charge in [0.15, 0.2) is 0 Å². The van der Waals surface area contributed by atoms with E-state index >= 15 is 0 Å². The van der Waals surface area contributed by atoms with Crippen LogP contribution in [0.25, 0.3) is 0 Å². The van der Waals surface area contributed by atoms with Crippen LogP contribution in [0.15, 0.2) is 12.2 Å². The van der Waals surface area contributed by atoms with Gasteiger partial charge in [0.05, 0.1) is 6.42 Å². The molecular weight excluding hydrogens is 388 g/mol. The number of hydrogen-bond donors (Lipinski definition) is 3. The Balaban J connectivity index is 4.02. The van der Waals surface area contributed by atoms with E-state index in [2.05, 4.69) is 11.9 Å². The molecule has 0 aromatic heterocycles. The number of ether oxygens (including phenoxy) is 2. The normalized spacial score (nSPS) is 13.7. The molecule has 0 aliphatic carbocycles. The third-order valence-corrected chi connectivity index (χ3v) is 4.58. The van der Waals surface area contributed by atoms with E-state index in [-0.39, 0.29) is 37.2 Å². The lowest BCUT2D eigenvalue weighted by Crippen LogP contribution is -2.36. The van der Waals surface area contributed by atoms with Crippen LogP contribution in [-0.4, -0.2) is 65.7 Å². The van der Waals surface area contributed by atoms with Gasteiger partial charge < -0.3 is 25.6 Å². The minimum atomic E-state index is -1.12. The van der Waals surface area contributed by atoms with Crippen LogP contribution in [0.4, 0.5) is 0 Å². The van der Waals surface area contributed by atoms with Crippen LogP contribution in [0, 0.1) is 5.92 Å². The molecule has 0 bridgehead atoms. The van der Waals surface area contributed by atoms with E-state index in [4.69, 9.17) is 15.2 Å². The maximum atomic E-state index is 11.7. The first-order valence-electron chi connectivity index (χ1n) is 8.83. The number of esters is 2. The van der Waals surface area contributed by atoms with Crippen molar-refractivity contribution in [2.24, 2.45) is 11.7 Å². The topological polar surface area (TPSA) is 145 Å². The van der Waals surface area contributed by atoms with Crippen molar-refractivity contribution in [1.82, 2.24) is 5.32 Å². The number of rotatable bonds is 14. The van der Waals surface area contributed by atoms with Crippen LogP contribution in [-0.2, 0) is 28.7 Å². The second-order valence-electron chi connectivity index (χ2n) is 6.48. The number of aliphatic hydroxyl groups is 1. The van der Waals surface area contributed by atoms with Gasteiger partial charge in [0.25, 0.3) is 0 Å². The van der Waals surface area contributed by atoms with Gasteiger partial charge in [0.2, 0.25) is 11.8 Å². The van der Waals surface area contributed by atoms with Crippen LogP contribution in [0.3, 0.4) is 0 Å². The summed E-state index contributed by atoms with van der Waals surface area (Å²) < 4.78 is 9.65. The molecule has 0 spiro atoms. The van der Waals surface area contributed by atoms with Crippen molar-refractivity contribution >= 4 is 35.5 Å². The Hall–Kier alpha value is -2.07. The summed E-state index contributed by atoms with van der Waals surface area (Å²) in [5.41, 5.74) is 5.59. The molecule has 0 aliphatic rings. The van der Waals surface area contributed by atoms with Gasteiger partial charge in [0.1, 0.15) is 19.3 Å². The Kier molecular flexibility index (Phi) is 13.0. The number of carbonyl (C=O) groups excluding carboxylic acids is 4. The predicted molar refractivity (Wildman–Crippen MR) is 105 cm³/mol. The summed E-state index contributed by atoms with van der Waals surface area (Å²) in [6, 6.07) is -0.180. The standard InChI is InChI=1S/C18H30N2O7S/c1-11(2)18(25)27-9-15(22)8-26-16(23)5-6-28-10-14(17(19)24)7-12(3)20-13(4)21/h12,14-15,22H,1,5-10H2,2-4H3,(H2,19,24)(H,20,21). The quantitative estimate of drug-likeness (QED) is 0.205. The van der Waals surface area contributed by atoms with Gasteiger partial charge >= 0.3 is 11.9 Å². The van der Waals surface area contributed by atoms with Crippen molar-refractivity contribution in [2.45, 2.75) is 45.8 Å². The fraction of sp³-hybridized carbons (Fsp3) is 0.667. The van der Waals surface area contributed by atoms with Crippen molar-refractivity contribution in [2.75, 3.05) is 24.7 Å². The number of amides is 2. The summed E-state index contributed by atoms with van der Waals surface area (Å²) in [6.45, 7) is 7.50. The number of aliphatic hydroxyl groups excluding tert-OH is 1. The molecule has 28 heavy (non-hydrogen) atoms. The highest BCUT2D eigenvalue weighted by Gasteiger charge is 2.19. The van der Waals surface area contributed by atoms with Crippen LogP contribution >= 0.6 is 11.8 Å². The summed E-state index contributed by atoms with van der Waals surface area (Å²) >= 11 is 1.37. The fourth-order valence-electron chi connectivity index (χ4n) is 2.08. The molecule has 0 aromatic rings. The van der Waals surface area contributed by atoms with E-state index in [9.17, 15) is 24.3 Å². The summed E-state index contributed by atoms with van der Waals surface area (Å²) in [4.78, 5) is 45.4. The van der Waals surface area contributed by atoms with E-state index in [0.717, 1.165) is 0 Å². The number of thioether (sulfide) groups is 1. The van der Waals surface area contributed by atoms with Gasteiger partial charge in [-0.05, 0) is 20.3 Å². The van der Waals surface area contributed by atoms with Crippen LogP contribution in [0.1, 0.15) is 33.6 Å². The SMILES string of the molecule is C=C(C)C(=O)OCC(O)COC(=O)CCSCC(CC(C)NC(C)=O)C(N)=O. The third-order valence-electron chi connectivity index (χ3n) is 3.45. The molecule has 2 amide bonds. The van der Waals surface area contributed by atoms with E-state index in [1.54, 1.807) is 6.92 Å². The summed E-state index contributed by atoms with van der Waals surface area (Å²) in [7, 11) is 0. The highest BCUT2D eigenvalue weighted by molar-refractivity contribution is 7.99. The van der Waals surface area contributed by atoms with Gasteiger partial charge in [-0.3, -0.25) is 14.4 Å². The van der Waals surface area contributed by atoms with Gasteiger partial charge in [-0.15, -0.1) is 0 Å². The Morgan fingerprint density at radius 2 is 1.79 bits per heavy atom. The Labute approximate surface area is 169 Å². The summed E-state index contributed by atoms with van der Waals surface area (Å²) in [5, 5.41) is 12.3. The molecule has 9 nitrogen and oxygen atoms in total. The number of hydrogen-bond acceptors (Lipinski definition) is 8. The zero-order chi connectivity index (χ0) is 21.7. The molecule has 3 atom stereocenters. The molecule has 160 valence electrons. The zero-order valence-corrected chi connectivity index (χ0v) is 17.4. The van der Waals surface area contributed by atoms with E-state index in [1.165, 1.54) is 25.6 Å². The van der Waals surface area contributed by atoms with Crippen LogP contribution in [0.2, 0.25) is 0 Å². The summed E-state index contributed by atoms with van der Waals surface area (Å²) in [5.74, 6) is -1.36. The molecule has 0 radical (unpaired) electrons. The smallest absolute Gasteiger partial charge is 0.333 e. The first kappa shape index (κ1) is 25.9. The van der Waals surface area contributed by atoms with Gasteiger partial charge in [-0.25, -0.2) is 4.79 Å². The minimum absolute atomic E-state index is 0.0929. The van der Waals surface area contributed by atoms with Crippen molar-refractivity contribution in [3.05, 3.63) is 12.2 Å². The fourth-order valence-corrected chi connectivity index (χ4v) is 3.15. The molecule has 0 fully saturated rings. The number of nitrogens with two attached hydrogens (primary N) is 1. The minimum Gasteiger partial charge on any atom is -0.463 e. The summed E-state index contributed by atoms with van der Waals surface area (Å²) in [6.07, 6.45) is -0.605. The van der Waals surface area contributed by atoms with Crippen LogP contribution in [0.5, 0.6) is 0 Å². The highest BCUT2D eigenvalue weighted by atomic mass is 32.2. The molecule has 10 heteroatoms. The lowest BCUT2D eigenvalue weighted by molar-refractivity contribution is -0.150. The van der Waals surface area contributed by atoms with Gasteiger partial charge in [0, 0.05) is 36.0 Å². The first-order chi connectivity index (χ1) is 13.0. The lowest BCUT2D eigenvalue weighted by atomic mass is 10.0. The van der Waals surface area contributed by atoms with Crippen molar-refractivity contribution in [3.63, 3.8) is 0 Å². The Morgan fingerprint density at radius 1 is 1.18 bits per heavy atom. The monoisotopic (exact) mass is 418 g/mol. The molecule has 0 aliphatic heterocycles. The second kappa shape index (κ2) is 14.0. The lowest BCUT2D eigenvalue weighted by Gasteiger charge is -2.18. The molecule has 0 saturated heterocycles. The molecule has 4 N–H and O–H groups in total. The number of nitrogens with one attached hydrogen (secondary N) is 1. The average Bonchev–Trinajstić information content (AvgIpc) is 2.59. The van der Waals surface area contributed by atoms with E-state index in [0.29, 0.717) is 17.9 Å². The largest absolute Gasteiger partial charge is 0.463 e. The average molecular weight is 419 g/mol. The molecule has 0 rings (SSSR count). The maximum Gasteiger partial charge on any atom is 0.333 e. The van der Waals surface area contributed by atoms with Crippen molar-refractivity contribution < 1.29 is 33.8 Å². The van der Waals surface area contributed by atoms with Gasteiger partial charge in [-0.2, -0.15) is 11.8 Å². The molecule has 0 aromatic carbocycles. The maximum absolute atomic E-state index is 11.7. The van der Waals surface area contributed by atoms with Crippen molar-refractivity contribution in [1.29, 1.82) is 0 Å². The highest BCUT2D eigenvalue weighted by Crippen LogP contribution is 2.15. The van der Waals surface area contributed by atoms with Crippen LogP contribution < -0.4 is 11.1 Å². The first-order valence-corrected chi connectivity index (χ1v) is 9.98. The van der Waals surface area contributed by atoms with Crippen molar-refractivity contribution in [3.8, 4) is 0 Å². The zero-order valence-electron chi connectivity index (χ0n) is 16.6. The van der Waals surface area contributed by atoms with E-state index in [1.807, 2.05) is 0 Å². The third kappa shape index (κ3) is 13.2.